The molecule has 2 aromatic carbocycles. The molecule has 0 radical (unpaired) electrons. The maximum absolute atomic E-state index is 13.2. The first kappa shape index (κ1) is 25.8. The predicted molar refractivity (Wildman–Crippen MR) is 155 cm³/mol. The summed E-state index contributed by atoms with van der Waals surface area (Å²) in [5.41, 5.74) is 4.29. The molecule has 2 aliphatic heterocycles. The molecule has 4 aromatic rings. The molecule has 1 fully saturated rings. The van der Waals surface area contributed by atoms with E-state index in [1.165, 1.54) is 0 Å². The summed E-state index contributed by atoms with van der Waals surface area (Å²) in [4.78, 5) is 45.0. The molecule has 0 spiro atoms. The molecule has 2 bridgehead atoms. The quantitative estimate of drug-likeness (QED) is 0.361. The van der Waals surface area contributed by atoms with Crippen molar-refractivity contribution in [2.24, 2.45) is 5.92 Å². The number of benzene rings is 2. The summed E-state index contributed by atoms with van der Waals surface area (Å²) in [7, 11) is 0. The maximum Gasteiger partial charge on any atom is 0.255 e. The second-order valence-electron chi connectivity index (χ2n) is 10.3. The normalized spacial score (nSPS) is 17.6. The van der Waals surface area contributed by atoms with Gasteiger partial charge in [0.25, 0.3) is 17.4 Å². The number of anilines is 2. The molecule has 6 rings (SSSR count). The zero-order valence-electron chi connectivity index (χ0n) is 21.7. The second-order valence-corrected chi connectivity index (χ2v) is 10.8. The van der Waals surface area contributed by atoms with Crippen LogP contribution in [0.1, 0.15) is 44.3 Å². The van der Waals surface area contributed by atoms with Gasteiger partial charge >= 0.3 is 0 Å². The van der Waals surface area contributed by atoms with Crippen molar-refractivity contribution >= 4 is 34.8 Å². The van der Waals surface area contributed by atoms with E-state index in [-0.39, 0.29) is 23.3 Å². The fourth-order valence-electron chi connectivity index (χ4n) is 5.78. The molecule has 2 aromatic heterocycles. The molecule has 1 saturated heterocycles. The Balaban J connectivity index is 1.29. The third-order valence-electron chi connectivity index (χ3n) is 7.61. The maximum atomic E-state index is 13.2. The van der Waals surface area contributed by atoms with Crippen molar-refractivity contribution in [3.8, 4) is 0 Å². The number of piperidine rings is 1. The number of rotatable bonds is 6. The standard InChI is InChI=1S/C31H28ClN5O3/c32-25-4-1-3-20(14-25)16-34-30(39)23-7-8-28(26(15-23)35-31(40)22-9-11-33-12-10-22)36-17-21-13-24(19-36)27-5-2-6-29(38)37(27)18-21/h1-12,14-15,21,24H,13,16-19H2,(H,34,39)(H,35,40)/t21-,24+/m1/s1. The van der Waals surface area contributed by atoms with Gasteiger partial charge in [0.2, 0.25) is 0 Å². The molecule has 202 valence electrons. The van der Waals surface area contributed by atoms with Gasteiger partial charge in [-0.3, -0.25) is 19.4 Å². The van der Waals surface area contributed by atoms with Gasteiger partial charge in [-0.25, -0.2) is 0 Å². The third-order valence-corrected chi connectivity index (χ3v) is 7.85. The molecule has 2 N–H and O–H groups in total. The van der Waals surface area contributed by atoms with Crippen LogP contribution >= 0.6 is 11.6 Å². The number of fused-ring (bicyclic) bond motifs is 4. The average molecular weight is 554 g/mol. The Bertz CT molecular complexity index is 1640. The number of amides is 2. The van der Waals surface area contributed by atoms with Gasteiger partial charge in [-0.05, 0) is 66.4 Å². The van der Waals surface area contributed by atoms with Crippen LogP contribution in [0.25, 0.3) is 0 Å². The van der Waals surface area contributed by atoms with E-state index >= 15 is 0 Å². The van der Waals surface area contributed by atoms with Crippen LogP contribution in [0.2, 0.25) is 5.02 Å². The first-order valence-electron chi connectivity index (χ1n) is 13.3. The summed E-state index contributed by atoms with van der Waals surface area (Å²) in [6, 6.07) is 21.5. The molecular formula is C31H28ClN5O3. The van der Waals surface area contributed by atoms with Crippen molar-refractivity contribution in [1.82, 2.24) is 14.9 Å². The van der Waals surface area contributed by atoms with Gasteiger partial charge in [0.05, 0.1) is 11.4 Å². The predicted octanol–water partition coefficient (Wildman–Crippen LogP) is 4.70. The van der Waals surface area contributed by atoms with Crippen LogP contribution in [-0.2, 0) is 13.1 Å². The molecule has 4 heterocycles. The van der Waals surface area contributed by atoms with Gasteiger partial charge in [0.1, 0.15) is 0 Å². The van der Waals surface area contributed by atoms with Gasteiger partial charge in [-0.2, -0.15) is 0 Å². The number of nitrogens with one attached hydrogen (secondary N) is 2. The van der Waals surface area contributed by atoms with Gasteiger partial charge in [-0.1, -0.05) is 29.8 Å². The topological polar surface area (TPSA) is 96.3 Å². The molecular weight excluding hydrogens is 526 g/mol. The minimum absolute atomic E-state index is 0.0408. The molecule has 0 unspecified atom stereocenters. The monoisotopic (exact) mass is 553 g/mol. The molecule has 0 aliphatic carbocycles. The molecule has 40 heavy (non-hydrogen) atoms. The van der Waals surface area contributed by atoms with E-state index in [1.807, 2.05) is 41.0 Å². The van der Waals surface area contributed by atoms with Gasteiger partial charge < -0.3 is 20.1 Å². The Kier molecular flexibility index (Phi) is 7.09. The van der Waals surface area contributed by atoms with Crippen LogP contribution in [0.3, 0.4) is 0 Å². The highest BCUT2D eigenvalue weighted by atomic mass is 35.5. The lowest BCUT2D eigenvalue weighted by Gasteiger charge is -2.44. The Morgan fingerprint density at radius 2 is 1.73 bits per heavy atom. The fourth-order valence-corrected chi connectivity index (χ4v) is 5.99. The van der Waals surface area contributed by atoms with Crippen LogP contribution in [0.4, 0.5) is 11.4 Å². The Morgan fingerprint density at radius 3 is 2.55 bits per heavy atom. The number of nitrogens with zero attached hydrogens (tertiary/aromatic N) is 3. The SMILES string of the molecule is O=C(NCc1cccc(Cl)c1)c1ccc(N2C[C@H]3C[C@@H](C2)c2cccc(=O)n2C3)c(NC(=O)c2ccncc2)c1. The number of hydrogen-bond acceptors (Lipinski definition) is 5. The Morgan fingerprint density at radius 1 is 0.900 bits per heavy atom. The number of hydrogen-bond donors (Lipinski definition) is 2. The van der Waals surface area contributed by atoms with E-state index < -0.39 is 0 Å². The summed E-state index contributed by atoms with van der Waals surface area (Å²) in [6.07, 6.45) is 4.16. The van der Waals surface area contributed by atoms with E-state index in [0.29, 0.717) is 47.4 Å². The first-order valence-corrected chi connectivity index (χ1v) is 13.6. The van der Waals surface area contributed by atoms with Crippen LogP contribution in [-0.4, -0.2) is 34.5 Å². The van der Waals surface area contributed by atoms with Crippen molar-refractivity contribution in [3.63, 3.8) is 0 Å². The Hall–Kier alpha value is -4.43. The molecule has 8 nitrogen and oxygen atoms in total. The summed E-state index contributed by atoms with van der Waals surface area (Å²) in [5.74, 6) is -0.0365. The largest absolute Gasteiger partial charge is 0.369 e. The fraction of sp³-hybridized carbons (Fsp3) is 0.226. The van der Waals surface area contributed by atoms with Gasteiger partial charge in [0.15, 0.2) is 0 Å². The molecule has 2 aliphatic rings. The first-order chi connectivity index (χ1) is 19.4. The summed E-state index contributed by atoms with van der Waals surface area (Å²) >= 11 is 6.08. The van der Waals surface area contributed by atoms with E-state index in [1.54, 1.807) is 48.8 Å². The number of pyridine rings is 2. The lowest BCUT2D eigenvalue weighted by Crippen LogP contribution is -2.47. The zero-order chi connectivity index (χ0) is 27.6. The second kappa shape index (κ2) is 11.0. The zero-order valence-corrected chi connectivity index (χ0v) is 22.5. The van der Waals surface area contributed by atoms with E-state index in [0.717, 1.165) is 29.9 Å². The molecule has 0 saturated carbocycles. The summed E-state index contributed by atoms with van der Waals surface area (Å²) in [6.45, 7) is 2.45. The van der Waals surface area contributed by atoms with E-state index in [2.05, 4.69) is 20.5 Å². The van der Waals surface area contributed by atoms with Crippen LogP contribution < -0.4 is 21.1 Å². The number of halogens is 1. The van der Waals surface area contributed by atoms with Crippen LogP contribution in [0, 0.1) is 5.92 Å². The lowest BCUT2D eigenvalue weighted by molar-refractivity contribution is 0.0949. The molecule has 2 amide bonds. The Labute approximate surface area is 236 Å². The summed E-state index contributed by atoms with van der Waals surface area (Å²) < 4.78 is 1.90. The highest BCUT2D eigenvalue weighted by Crippen LogP contribution is 2.39. The minimum atomic E-state index is -0.283. The van der Waals surface area contributed by atoms with E-state index in [4.69, 9.17) is 11.6 Å². The van der Waals surface area contributed by atoms with E-state index in [9.17, 15) is 14.4 Å². The van der Waals surface area contributed by atoms with Crippen molar-refractivity contribution in [2.75, 3.05) is 23.3 Å². The number of carbonyl (C=O) groups excluding carboxylic acids is 2. The average Bonchev–Trinajstić information content (AvgIpc) is 2.97. The highest BCUT2D eigenvalue weighted by Gasteiger charge is 2.35. The third kappa shape index (κ3) is 5.35. The summed E-state index contributed by atoms with van der Waals surface area (Å²) in [5, 5.41) is 6.58. The number of aromatic nitrogens is 2. The van der Waals surface area contributed by atoms with Crippen molar-refractivity contribution in [3.05, 3.63) is 123 Å². The highest BCUT2D eigenvalue weighted by molar-refractivity contribution is 6.30. The number of carbonyl (C=O) groups is 2. The smallest absolute Gasteiger partial charge is 0.255 e. The van der Waals surface area contributed by atoms with Gasteiger partial charge in [-0.15, -0.1) is 0 Å². The van der Waals surface area contributed by atoms with Crippen LogP contribution in [0.5, 0.6) is 0 Å². The van der Waals surface area contributed by atoms with Crippen LogP contribution in [0.15, 0.2) is 90.0 Å². The van der Waals surface area contributed by atoms with Crippen molar-refractivity contribution in [2.45, 2.75) is 25.4 Å². The lowest BCUT2D eigenvalue weighted by atomic mass is 9.83. The van der Waals surface area contributed by atoms with Crippen molar-refractivity contribution < 1.29 is 9.59 Å². The van der Waals surface area contributed by atoms with Crippen molar-refractivity contribution in [1.29, 1.82) is 0 Å². The van der Waals surface area contributed by atoms with Gasteiger partial charge in [0, 0.05) is 72.4 Å². The minimum Gasteiger partial charge on any atom is -0.369 e. The molecule has 2 atom stereocenters. The molecule has 9 heteroatoms.